The molecular weight excluding hydrogens is 540 g/mol. The van der Waals surface area contributed by atoms with E-state index in [4.69, 9.17) is 19.7 Å². The number of aliphatic imine (C=N–C) groups is 1. The Hall–Kier alpha value is -4.57. The first-order valence-corrected chi connectivity index (χ1v) is 15.0. The van der Waals surface area contributed by atoms with Crippen molar-refractivity contribution in [2.24, 2.45) is 10.9 Å². The molecular formula is C33H39N8O2+. The van der Waals surface area contributed by atoms with Crippen LogP contribution in [-0.4, -0.2) is 77.3 Å². The first-order chi connectivity index (χ1) is 21.1. The molecule has 2 N–H and O–H groups in total. The second-order valence-electron chi connectivity index (χ2n) is 11.2. The van der Waals surface area contributed by atoms with Crippen LogP contribution in [0.4, 0.5) is 34.6 Å². The fourth-order valence-electron chi connectivity index (χ4n) is 5.91. The van der Waals surface area contributed by atoms with Crippen molar-refractivity contribution in [3.63, 3.8) is 0 Å². The summed E-state index contributed by atoms with van der Waals surface area (Å²) in [6.07, 6.45) is 9.66. The number of nitrogens with one attached hydrogen (secondary N) is 2. The quantitative estimate of drug-likeness (QED) is 0.264. The predicted molar refractivity (Wildman–Crippen MR) is 171 cm³/mol. The van der Waals surface area contributed by atoms with Crippen molar-refractivity contribution in [3.05, 3.63) is 72.8 Å². The van der Waals surface area contributed by atoms with Gasteiger partial charge in [-0.2, -0.15) is 4.98 Å². The van der Waals surface area contributed by atoms with E-state index >= 15 is 0 Å². The molecule has 0 spiro atoms. The molecule has 1 aromatic heterocycles. The van der Waals surface area contributed by atoms with E-state index in [0.29, 0.717) is 42.5 Å². The van der Waals surface area contributed by atoms with Gasteiger partial charge in [0.25, 0.3) is 5.69 Å². The number of methoxy groups -OCH3 is 1. The average Bonchev–Trinajstić information content (AvgIpc) is 3.46. The molecule has 10 heteroatoms. The minimum atomic E-state index is -0.0275. The lowest BCUT2D eigenvalue weighted by atomic mass is 9.99. The van der Waals surface area contributed by atoms with Crippen LogP contribution in [0, 0.1) is 5.92 Å². The Balaban J connectivity index is 1.24. The van der Waals surface area contributed by atoms with E-state index in [1.165, 1.54) is 11.8 Å². The third-order valence-corrected chi connectivity index (χ3v) is 8.30. The average molecular weight is 580 g/mol. The van der Waals surface area contributed by atoms with Crippen molar-refractivity contribution in [3.8, 4) is 0 Å². The summed E-state index contributed by atoms with van der Waals surface area (Å²) in [7, 11) is 1.80. The Morgan fingerprint density at radius 1 is 1.07 bits per heavy atom. The number of amides is 1. The summed E-state index contributed by atoms with van der Waals surface area (Å²) in [5, 5.41) is 6.89. The van der Waals surface area contributed by atoms with Crippen molar-refractivity contribution in [2.45, 2.75) is 38.3 Å². The lowest BCUT2D eigenvalue weighted by Gasteiger charge is -2.33. The van der Waals surface area contributed by atoms with Crippen LogP contribution < -0.4 is 15.5 Å². The fourth-order valence-corrected chi connectivity index (χ4v) is 5.91. The second kappa shape index (κ2) is 13.2. The van der Waals surface area contributed by atoms with Crippen LogP contribution in [0.2, 0.25) is 0 Å². The standard InChI is InChI=1S/C33H39N8O2/c1-3-29(42)40-17-7-10-25(21-40)22-41-23-35-30-31(34-20-24-8-5-4-6-9-24)37-33(38-32(30)41)36-26-11-13-27(14-12-26)39-18-15-28(43-2)16-19-39/h3-6,8-9,11-14,22-23,25,28H,1,7,10,15-21H2,2H3,(H2,34,36,37,38)/q+1. The molecule has 2 aromatic carbocycles. The largest absolute Gasteiger partial charge is 0.381 e. The zero-order valence-electron chi connectivity index (χ0n) is 24.7. The summed E-state index contributed by atoms with van der Waals surface area (Å²) in [5.41, 5.74) is 3.95. The van der Waals surface area contributed by atoms with Gasteiger partial charge in [-0.3, -0.25) is 4.79 Å². The number of nitrogens with zero attached hydrogens (tertiary/aromatic N) is 6. The van der Waals surface area contributed by atoms with Gasteiger partial charge in [0.2, 0.25) is 12.2 Å². The number of hydrogen-bond donors (Lipinski definition) is 2. The number of rotatable bonds is 9. The fraction of sp³-hybridized carbons (Fsp3) is 0.364. The van der Waals surface area contributed by atoms with Gasteiger partial charge in [-0.05, 0) is 61.6 Å². The van der Waals surface area contributed by atoms with E-state index in [2.05, 4.69) is 64.7 Å². The molecule has 0 saturated carbocycles. The maximum absolute atomic E-state index is 12.2. The molecule has 1 amide bonds. The molecule has 0 aliphatic carbocycles. The van der Waals surface area contributed by atoms with Gasteiger partial charge in [0.1, 0.15) is 0 Å². The number of piperidine rings is 2. The number of fused-ring (bicyclic) bond motifs is 1. The van der Waals surface area contributed by atoms with E-state index in [-0.39, 0.29) is 11.8 Å². The maximum Gasteiger partial charge on any atom is 0.317 e. The molecule has 3 aliphatic heterocycles. The highest BCUT2D eigenvalue weighted by Gasteiger charge is 2.31. The van der Waals surface area contributed by atoms with E-state index in [0.717, 1.165) is 56.6 Å². The number of benzene rings is 2. The Labute approximate surface area is 252 Å². The predicted octanol–water partition coefficient (Wildman–Crippen LogP) is 5.26. The molecule has 1 unspecified atom stereocenters. The van der Waals surface area contributed by atoms with Crippen molar-refractivity contribution in [2.75, 3.05) is 48.8 Å². The number of aromatic nitrogens is 2. The van der Waals surface area contributed by atoms with Crippen molar-refractivity contribution in [1.29, 1.82) is 0 Å². The molecule has 0 radical (unpaired) electrons. The van der Waals surface area contributed by atoms with Crippen LogP contribution in [0.1, 0.15) is 31.2 Å². The molecule has 6 rings (SSSR count). The van der Waals surface area contributed by atoms with E-state index < -0.39 is 0 Å². The highest BCUT2D eigenvalue weighted by atomic mass is 16.5. The summed E-state index contributed by atoms with van der Waals surface area (Å²) >= 11 is 0. The number of anilines is 4. The molecule has 0 bridgehead atoms. The Kier molecular flexibility index (Phi) is 8.74. The third kappa shape index (κ3) is 6.75. The maximum atomic E-state index is 12.2. The van der Waals surface area contributed by atoms with E-state index in [9.17, 15) is 4.79 Å². The Morgan fingerprint density at radius 2 is 1.86 bits per heavy atom. The summed E-state index contributed by atoms with van der Waals surface area (Å²) in [6.45, 7) is 7.64. The number of likely N-dealkylation sites (tertiary alicyclic amines) is 1. The Bertz CT molecular complexity index is 1500. The van der Waals surface area contributed by atoms with Crippen LogP contribution in [0.5, 0.6) is 0 Å². The molecule has 4 heterocycles. The van der Waals surface area contributed by atoms with E-state index in [1.807, 2.05) is 27.7 Å². The smallest absolute Gasteiger partial charge is 0.317 e. The number of hydrogen-bond acceptors (Lipinski definition) is 8. The summed E-state index contributed by atoms with van der Waals surface area (Å²) in [6, 6.07) is 18.6. The molecule has 222 valence electrons. The number of carbonyl (C=O) groups is 1. The lowest BCUT2D eigenvalue weighted by Crippen LogP contribution is -2.40. The summed E-state index contributed by atoms with van der Waals surface area (Å²) in [5.74, 6) is 2.01. The van der Waals surface area contributed by atoms with Crippen molar-refractivity contribution >= 4 is 53.1 Å². The molecule has 3 aliphatic rings. The lowest BCUT2D eigenvalue weighted by molar-refractivity contribution is -0.292. The van der Waals surface area contributed by atoms with Gasteiger partial charge < -0.3 is 25.2 Å². The van der Waals surface area contributed by atoms with Gasteiger partial charge >= 0.3 is 11.8 Å². The topological polar surface area (TPSA) is 98.0 Å². The normalized spacial score (nSPS) is 19.4. The van der Waals surface area contributed by atoms with Crippen LogP contribution >= 0.6 is 0 Å². The van der Waals surface area contributed by atoms with Gasteiger partial charge in [-0.15, -0.1) is 0 Å². The minimum Gasteiger partial charge on any atom is -0.381 e. The van der Waals surface area contributed by atoms with Gasteiger partial charge in [0, 0.05) is 57.1 Å². The van der Waals surface area contributed by atoms with Gasteiger partial charge in [0.15, 0.2) is 5.82 Å². The van der Waals surface area contributed by atoms with Crippen molar-refractivity contribution in [1.82, 2.24) is 14.9 Å². The first-order valence-electron chi connectivity index (χ1n) is 15.0. The zero-order valence-corrected chi connectivity index (χ0v) is 24.7. The molecule has 2 saturated heterocycles. The highest BCUT2D eigenvalue weighted by molar-refractivity contribution is 5.87. The third-order valence-electron chi connectivity index (χ3n) is 8.30. The SMILES string of the molecule is C=CC(=O)N1CCCC(C=[N+]2C=Nc3c(NCc4ccccc4)nc(Nc4ccc(N5CCC(OC)CC5)cc4)nc32)C1. The van der Waals surface area contributed by atoms with Crippen LogP contribution in [0.25, 0.3) is 0 Å². The minimum absolute atomic E-state index is 0.0275. The van der Waals surface area contributed by atoms with Gasteiger partial charge in [-0.25, -0.2) is 4.58 Å². The highest BCUT2D eigenvalue weighted by Crippen LogP contribution is 2.38. The molecule has 43 heavy (non-hydrogen) atoms. The van der Waals surface area contributed by atoms with Crippen LogP contribution in [0.3, 0.4) is 0 Å². The molecule has 10 nitrogen and oxygen atoms in total. The van der Waals surface area contributed by atoms with Crippen molar-refractivity contribution < 1.29 is 14.1 Å². The summed E-state index contributed by atoms with van der Waals surface area (Å²) in [4.78, 5) is 30.9. The van der Waals surface area contributed by atoms with Gasteiger partial charge in [-0.1, -0.05) is 46.9 Å². The van der Waals surface area contributed by atoms with E-state index in [1.54, 1.807) is 13.4 Å². The molecule has 2 fully saturated rings. The monoisotopic (exact) mass is 579 g/mol. The number of ether oxygens (including phenoxy) is 1. The molecule has 1 atom stereocenters. The Morgan fingerprint density at radius 3 is 2.60 bits per heavy atom. The zero-order chi connectivity index (χ0) is 29.6. The first kappa shape index (κ1) is 28.5. The number of carbonyl (C=O) groups excluding carboxylic acids is 1. The summed E-state index contributed by atoms with van der Waals surface area (Å²) < 4.78 is 7.49. The molecule has 3 aromatic rings. The second-order valence-corrected chi connectivity index (χ2v) is 11.2. The van der Waals surface area contributed by atoms with Crippen LogP contribution in [0.15, 0.2) is 72.2 Å². The van der Waals surface area contributed by atoms with Crippen LogP contribution in [-0.2, 0) is 16.1 Å². The van der Waals surface area contributed by atoms with Gasteiger partial charge in [0.05, 0.1) is 12.3 Å².